The SMILES string of the molecule is COC(=O)[C@H]1C[C@@H]1n1cnc2c(N3CCCCC3)ncnc21. The van der Waals surface area contributed by atoms with E-state index in [4.69, 9.17) is 4.74 Å². The van der Waals surface area contributed by atoms with Crippen LogP contribution in [0.25, 0.3) is 11.2 Å². The Morgan fingerprint density at radius 2 is 2.05 bits per heavy atom. The number of anilines is 1. The summed E-state index contributed by atoms with van der Waals surface area (Å²) in [5, 5.41) is 0. The summed E-state index contributed by atoms with van der Waals surface area (Å²) in [5.41, 5.74) is 1.65. The van der Waals surface area contributed by atoms with Crippen molar-refractivity contribution in [2.24, 2.45) is 5.92 Å². The van der Waals surface area contributed by atoms with Crippen molar-refractivity contribution in [3.8, 4) is 0 Å². The third kappa shape index (κ3) is 2.12. The minimum atomic E-state index is -0.155. The highest BCUT2D eigenvalue weighted by atomic mass is 16.5. The van der Waals surface area contributed by atoms with E-state index in [-0.39, 0.29) is 17.9 Å². The fourth-order valence-electron chi connectivity index (χ4n) is 3.31. The Bertz CT molecular complexity index is 707. The number of carbonyl (C=O) groups excluding carboxylic acids is 1. The molecule has 2 aromatic rings. The highest BCUT2D eigenvalue weighted by Crippen LogP contribution is 2.45. The zero-order valence-corrected chi connectivity index (χ0v) is 12.6. The Morgan fingerprint density at radius 1 is 1.23 bits per heavy atom. The van der Waals surface area contributed by atoms with Gasteiger partial charge in [0.05, 0.1) is 25.4 Å². The molecule has 7 nitrogen and oxygen atoms in total. The van der Waals surface area contributed by atoms with E-state index in [1.165, 1.54) is 26.4 Å². The van der Waals surface area contributed by atoms with Crippen LogP contribution in [-0.4, -0.2) is 45.7 Å². The smallest absolute Gasteiger partial charge is 0.310 e. The lowest BCUT2D eigenvalue weighted by molar-refractivity contribution is -0.142. The number of ether oxygens (including phenoxy) is 1. The van der Waals surface area contributed by atoms with Crippen molar-refractivity contribution in [3.63, 3.8) is 0 Å². The van der Waals surface area contributed by atoms with Crippen LogP contribution in [0.4, 0.5) is 5.82 Å². The molecule has 2 aliphatic rings. The largest absolute Gasteiger partial charge is 0.469 e. The van der Waals surface area contributed by atoms with Crippen LogP contribution in [0.15, 0.2) is 12.7 Å². The lowest BCUT2D eigenvalue weighted by Gasteiger charge is -2.27. The molecule has 2 atom stereocenters. The number of hydrogen-bond acceptors (Lipinski definition) is 6. The molecule has 2 aromatic heterocycles. The summed E-state index contributed by atoms with van der Waals surface area (Å²) in [6, 6.07) is 0.113. The Balaban J connectivity index is 1.67. The zero-order valence-electron chi connectivity index (χ0n) is 12.6. The first-order chi connectivity index (χ1) is 10.8. The second kappa shape index (κ2) is 5.23. The summed E-state index contributed by atoms with van der Waals surface area (Å²) in [7, 11) is 1.43. The van der Waals surface area contributed by atoms with Crippen LogP contribution in [0, 0.1) is 5.92 Å². The van der Waals surface area contributed by atoms with E-state index >= 15 is 0 Å². The average molecular weight is 301 g/mol. The predicted molar refractivity (Wildman–Crippen MR) is 80.5 cm³/mol. The molecule has 0 unspecified atom stereocenters. The third-order valence-corrected chi connectivity index (χ3v) is 4.61. The van der Waals surface area contributed by atoms with Crippen LogP contribution >= 0.6 is 0 Å². The third-order valence-electron chi connectivity index (χ3n) is 4.61. The zero-order chi connectivity index (χ0) is 15.1. The average Bonchev–Trinajstić information content (AvgIpc) is 3.25. The molecule has 3 heterocycles. The number of carbonyl (C=O) groups is 1. The van der Waals surface area contributed by atoms with Crippen molar-refractivity contribution < 1.29 is 9.53 Å². The molecule has 0 bridgehead atoms. The van der Waals surface area contributed by atoms with E-state index in [1.807, 2.05) is 4.57 Å². The Morgan fingerprint density at radius 3 is 2.82 bits per heavy atom. The van der Waals surface area contributed by atoms with Gasteiger partial charge in [-0.1, -0.05) is 0 Å². The van der Waals surface area contributed by atoms with Crippen LogP contribution in [-0.2, 0) is 9.53 Å². The maximum atomic E-state index is 11.6. The molecular formula is C15H19N5O2. The van der Waals surface area contributed by atoms with Gasteiger partial charge in [-0.15, -0.1) is 0 Å². The molecule has 7 heteroatoms. The minimum Gasteiger partial charge on any atom is -0.469 e. The van der Waals surface area contributed by atoms with Gasteiger partial charge in [0, 0.05) is 13.1 Å². The normalized spacial score (nSPS) is 24.5. The van der Waals surface area contributed by atoms with Crippen LogP contribution in [0.2, 0.25) is 0 Å². The quantitative estimate of drug-likeness (QED) is 0.801. The van der Waals surface area contributed by atoms with Gasteiger partial charge in [0.15, 0.2) is 17.0 Å². The van der Waals surface area contributed by atoms with E-state index in [0.717, 1.165) is 36.5 Å². The Kier molecular flexibility index (Phi) is 3.20. The van der Waals surface area contributed by atoms with Gasteiger partial charge in [-0.25, -0.2) is 15.0 Å². The maximum absolute atomic E-state index is 11.6. The Hall–Kier alpha value is -2.18. The van der Waals surface area contributed by atoms with E-state index < -0.39 is 0 Å². The summed E-state index contributed by atoms with van der Waals surface area (Å²) >= 11 is 0. The number of methoxy groups -OCH3 is 1. The van der Waals surface area contributed by atoms with Crippen LogP contribution in [0.1, 0.15) is 31.7 Å². The minimum absolute atomic E-state index is 0.0733. The monoisotopic (exact) mass is 301 g/mol. The van der Waals surface area contributed by atoms with Gasteiger partial charge in [0.1, 0.15) is 6.33 Å². The molecule has 1 aliphatic heterocycles. The van der Waals surface area contributed by atoms with Crippen LogP contribution in [0.3, 0.4) is 0 Å². The van der Waals surface area contributed by atoms with Crippen LogP contribution in [0.5, 0.6) is 0 Å². The topological polar surface area (TPSA) is 73.1 Å². The van der Waals surface area contributed by atoms with Gasteiger partial charge in [-0.05, 0) is 25.7 Å². The number of nitrogens with zero attached hydrogens (tertiary/aromatic N) is 5. The number of esters is 1. The lowest BCUT2D eigenvalue weighted by Crippen LogP contribution is -2.30. The fraction of sp³-hybridized carbons (Fsp3) is 0.600. The summed E-state index contributed by atoms with van der Waals surface area (Å²) in [6.45, 7) is 2.04. The lowest BCUT2D eigenvalue weighted by atomic mass is 10.1. The highest BCUT2D eigenvalue weighted by molar-refractivity contribution is 5.84. The van der Waals surface area contributed by atoms with E-state index in [9.17, 15) is 4.79 Å². The van der Waals surface area contributed by atoms with E-state index in [2.05, 4.69) is 19.9 Å². The van der Waals surface area contributed by atoms with Gasteiger partial charge >= 0.3 is 5.97 Å². The fourth-order valence-corrected chi connectivity index (χ4v) is 3.31. The van der Waals surface area contributed by atoms with Crippen molar-refractivity contribution in [1.29, 1.82) is 0 Å². The van der Waals surface area contributed by atoms with E-state index in [0.29, 0.717) is 0 Å². The van der Waals surface area contributed by atoms with Crippen molar-refractivity contribution >= 4 is 23.0 Å². The van der Waals surface area contributed by atoms with Gasteiger partial charge in [0.2, 0.25) is 0 Å². The Labute approximate surface area is 128 Å². The number of imidazole rings is 1. The summed E-state index contributed by atoms with van der Waals surface area (Å²) in [5.74, 6) is 0.687. The van der Waals surface area contributed by atoms with Gasteiger partial charge in [0.25, 0.3) is 0 Å². The number of hydrogen-bond donors (Lipinski definition) is 0. The predicted octanol–water partition coefficient (Wildman–Crippen LogP) is 1.55. The summed E-state index contributed by atoms with van der Waals surface area (Å²) in [4.78, 5) is 27.3. The molecule has 0 amide bonds. The van der Waals surface area contributed by atoms with Crippen LogP contribution < -0.4 is 4.90 Å². The van der Waals surface area contributed by atoms with Gasteiger partial charge in [-0.3, -0.25) is 4.79 Å². The molecule has 1 saturated heterocycles. The molecule has 2 fully saturated rings. The van der Waals surface area contributed by atoms with Gasteiger partial charge < -0.3 is 14.2 Å². The standard InChI is InChI=1S/C15H19N5O2/c1-22-15(21)10-7-11(10)20-9-18-12-13(16-8-17-14(12)20)19-5-3-2-4-6-19/h8-11H,2-7H2,1H3/t10-,11-/m0/s1. The number of fused-ring (bicyclic) bond motifs is 1. The van der Waals surface area contributed by atoms with E-state index in [1.54, 1.807) is 12.7 Å². The molecule has 0 aromatic carbocycles. The summed E-state index contributed by atoms with van der Waals surface area (Å²) in [6.07, 6.45) is 7.84. The molecule has 0 N–H and O–H groups in total. The van der Waals surface area contributed by atoms with Crippen molar-refractivity contribution in [3.05, 3.63) is 12.7 Å². The number of aromatic nitrogens is 4. The summed E-state index contributed by atoms with van der Waals surface area (Å²) < 4.78 is 6.81. The second-order valence-corrected chi connectivity index (χ2v) is 6.00. The maximum Gasteiger partial charge on any atom is 0.310 e. The highest BCUT2D eigenvalue weighted by Gasteiger charge is 2.46. The first kappa shape index (κ1) is 13.5. The molecule has 22 heavy (non-hydrogen) atoms. The molecule has 0 spiro atoms. The van der Waals surface area contributed by atoms with Crippen molar-refractivity contribution in [1.82, 2.24) is 19.5 Å². The molecule has 4 rings (SSSR count). The number of rotatable bonds is 3. The first-order valence-electron chi connectivity index (χ1n) is 7.80. The van der Waals surface area contributed by atoms with Crippen molar-refractivity contribution in [2.45, 2.75) is 31.7 Å². The molecular weight excluding hydrogens is 282 g/mol. The first-order valence-corrected chi connectivity index (χ1v) is 7.80. The number of piperidine rings is 1. The molecule has 1 aliphatic carbocycles. The molecule has 116 valence electrons. The molecule has 1 saturated carbocycles. The second-order valence-electron chi connectivity index (χ2n) is 6.00. The molecule has 0 radical (unpaired) electrons. The van der Waals surface area contributed by atoms with Gasteiger partial charge in [-0.2, -0.15) is 0 Å². The van der Waals surface area contributed by atoms with Crippen molar-refractivity contribution in [2.75, 3.05) is 25.1 Å².